The highest BCUT2D eigenvalue weighted by Gasteiger charge is 2.06. The first-order valence-electron chi connectivity index (χ1n) is 7.60. The third-order valence-electron chi connectivity index (χ3n) is 3.04. The SMILES string of the molecule is CCOc1ccc(NC(=S)NC(=O)COc2cccc(C)c2)cc1. The van der Waals surface area contributed by atoms with Gasteiger partial charge in [-0.1, -0.05) is 12.1 Å². The third-order valence-corrected chi connectivity index (χ3v) is 3.24. The lowest BCUT2D eigenvalue weighted by Crippen LogP contribution is -2.37. The second kappa shape index (κ2) is 8.88. The topological polar surface area (TPSA) is 59.6 Å². The second-order valence-corrected chi connectivity index (χ2v) is 5.47. The van der Waals surface area contributed by atoms with E-state index in [4.69, 9.17) is 21.7 Å². The third kappa shape index (κ3) is 5.89. The minimum absolute atomic E-state index is 0.103. The van der Waals surface area contributed by atoms with Crippen LogP contribution < -0.4 is 20.1 Å². The van der Waals surface area contributed by atoms with Crippen LogP contribution in [0.25, 0.3) is 0 Å². The number of ether oxygens (including phenoxy) is 2. The van der Waals surface area contributed by atoms with Gasteiger partial charge in [-0.3, -0.25) is 10.1 Å². The molecule has 0 fully saturated rings. The van der Waals surface area contributed by atoms with Gasteiger partial charge in [-0.15, -0.1) is 0 Å². The van der Waals surface area contributed by atoms with Crippen LogP contribution in [0.3, 0.4) is 0 Å². The highest BCUT2D eigenvalue weighted by molar-refractivity contribution is 7.80. The van der Waals surface area contributed by atoms with E-state index in [1.807, 2.05) is 56.3 Å². The molecule has 24 heavy (non-hydrogen) atoms. The Balaban J connectivity index is 1.77. The number of carbonyl (C=O) groups is 1. The fraction of sp³-hybridized carbons (Fsp3) is 0.222. The minimum Gasteiger partial charge on any atom is -0.494 e. The number of hydrogen-bond acceptors (Lipinski definition) is 4. The molecule has 0 aliphatic carbocycles. The molecule has 0 unspecified atom stereocenters. The first-order chi connectivity index (χ1) is 11.6. The Hall–Kier alpha value is -2.60. The molecule has 0 heterocycles. The first kappa shape index (κ1) is 17.7. The van der Waals surface area contributed by atoms with Crippen molar-refractivity contribution in [2.75, 3.05) is 18.5 Å². The molecule has 0 aliphatic rings. The average Bonchev–Trinajstić information content (AvgIpc) is 2.55. The summed E-state index contributed by atoms with van der Waals surface area (Å²) in [5.41, 5.74) is 1.84. The summed E-state index contributed by atoms with van der Waals surface area (Å²) in [5.74, 6) is 1.11. The summed E-state index contributed by atoms with van der Waals surface area (Å²) in [6.45, 7) is 4.40. The van der Waals surface area contributed by atoms with Gasteiger partial charge in [0.25, 0.3) is 5.91 Å². The number of nitrogens with one attached hydrogen (secondary N) is 2. The summed E-state index contributed by atoms with van der Waals surface area (Å²) in [6.07, 6.45) is 0. The standard InChI is InChI=1S/C18H20N2O3S/c1-3-22-15-9-7-14(8-10-15)19-18(24)20-17(21)12-23-16-6-4-5-13(2)11-16/h4-11H,3,12H2,1-2H3,(H2,19,20,21,24). The van der Waals surface area contributed by atoms with E-state index in [-0.39, 0.29) is 17.6 Å². The van der Waals surface area contributed by atoms with Gasteiger partial charge in [0.2, 0.25) is 0 Å². The zero-order chi connectivity index (χ0) is 17.4. The molecule has 2 aromatic rings. The average molecular weight is 344 g/mol. The van der Waals surface area contributed by atoms with Crippen molar-refractivity contribution < 1.29 is 14.3 Å². The maximum absolute atomic E-state index is 11.9. The maximum atomic E-state index is 11.9. The molecule has 5 nitrogen and oxygen atoms in total. The van der Waals surface area contributed by atoms with Crippen molar-refractivity contribution in [2.24, 2.45) is 0 Å². The van der Waals surface area contributed by atoms with E-state index in [9.17, 15) is 4.79 Å². The number of benzene rings is 2. The van der Waals surface area contributed by atoms with Gasteiger partial charge in [0.15, 0.2) is 11.7 Å². The number of hydrogen-bond donors (Lipinski definition) is 2. The van der Waals surface area contributed by atoms with Gasteiger partial charge in [-0.05, 0) is 68.0 Å². The number of rotatable bonds is 6. The summed E-state index contributed by atoms with van der Waals surface area (Å²) >= 11 is 5.12. The van der Waals surface area contributed by atoms with Gasteiger partial charge < -0.3 is 14.8 Å². The molecule has 0 radical (unpaired) electrons. The molecule has 0 aliphatic heterocycles. The van der Waals surface area contributed by atoms with Crippen LogP contribution in [0.5, 0.6) is 11.5 Å². The Kier molecular flexibility index (Phi) is 6.57. The molecular weight excluding hydrogens is 324 g/mol. The molecule has 0 spiro atoms. The molecule has 2 rings (SSSR count). The predicted octanol–water partition coefficient (Wildman–Crippen LogP) is 3.29. The quantitative estimate of drug-likeness (QED) is 0.788. The monoisotopic (exact) mass is 344 g/mol. The van der Waals surface area contributed by atoms with E-state index >= 15 is 0 Å². The van der Waals surface area contributed by atoms with Crippen LogP contribution >= 0.6 is 12.2 Å². The van der Waals surface area contributed by atoms with E-state index in [0.717, 1.165) is 17.0 Å². The van der Waals surface area contributed by atoms with Crippen LogP contribution in [-0.4, -0.2) is 24.2 Å². The van der Waals surface area contributed by atoms with Crippen LogP contribution in [-0.2, 0) is 4.79 Å². The van der Waals surface area contributed by atoms with Gasteiger partial charge >= 0.3 is 0 Å². The van der Waals surface area contributed by atoms with Gasteiger partial charge in [-0.25, -0.2) is 0 Å². The largest absolute Gasteiger partial charge is 0.494 e. The fourth-order valence-corrected chi connectivity index (χ4v) is 2.21. The number of anilines is 1. The Morgan fingerprint density at radius 2 is 1.83 bits per heavy atom. The van der Waals surface area contributed by atoms with Crippen LogP contribution in [0.15, 0.2) is 48.5 Å². The Morgan fingerprint density at radius 1 is 1.08 bits per heavy atom. The minimum atomic E-state index is -0.319. The summed E-state index contributed by atoms with van der Waals surface area (Å²) in [5, 5.41) is 5.74. The summed E-state index contributed by atoms with van der Waals surface area (Å²) in [6, 6.07) is 14.8. The molecule has 6 heteroatoms. The zero-order valence-corrected chi connectivity index (χ0v) is 14.5. The van der Waals surface area contributed by atoms with Gasteiger partial charge in [0.1, 0.15) is 11.5 Å². The normalized spacial score (nSPS) is 9.92. The van der Waals surface area contributed by atoms with Crippen LogP contribution in [0, 0.1) is 6.92 Å². The lowest BCUT2D eigenvalue weighted by atomic mass is 10.2. The fourth-order valence-electron chi connectivity index (χ4n) is 1.98. The van der Waals surface area contributed by atoms with Crippen LogP contribution in [0.2, 0.25) is 0 Å². The molecule has 0 saturated heterocycles. The first-order valence-corrected chi connectivity index (χ1v) is 8.01. The van der Waals surface area contributed by atoms with Crippen molar-refractivity contribution >= 4 is 28.9 Å². The van der Waals surface area contributed by atoms with E-state index in [1.54, 1.807) is 6.07 Å². The van der Waals surface area contributed by atoms with Crippen molar-refractivity contribution in [3.8, 4) is 11.5 Å². The number of amides is 1. The van der Waals surface area contributed by atoms with E-state index in [1.165, 1.54) is 0 Å². The smallest absolute Gasteiger partial charge is 0.264 e. The molecule has 2 aromatic carbocycles. The van der Waals surface area contributed by atoms with Crippen molar-refractivity contribution in [1.82, 2.24) is 5.32 Å². The van der Waals surface area contributed by atoms with E-state index in [0.29, 0.717) is 12.4 Å². The van der Waals surface area contributed by atoms with Gasteiger partial charge in [0.05, 0.1) is 6.61 Å². The molecule has 1 amide bonds. The molecule has 0 saturated carbocycles. The molecule has 2 N–H and O–H groups in total. The van der Waals surface area contributed by atoms with Gasteiger partial charge in [0, 0.05) is 5.69 Å². The number of carbonyl (C=O) groups excluding carboxylic acids is 1. The summed E-state index contributed by atoms with van der Waals surface area (Å²) < 4.78 is 10.8. The van der Waals surface area contributed by atoms with Crippen molar-refractivity contribution in [2.45, 2.75) is 13.8 Å². The zero-order valence-electron chi connectivity index (χ0n) is 13.7. The Labute approximate surface area is 147 Å². The van der Waals surface area contributed by atoms with E-state index in [2.05, 4.69) is 10.6 Å². The summed E-state index contributed by atoms with van der Waals surface area (Å²) in [7, 11) is 0. The second-order valence-electron chi connectivity index (χ2n) is 5.06. The van der Waals surface area contributed by atoms with Crippen molar-refractivity contribution in [3.05, 3.63) is 54.1 Å². The maximum Gasteiger partial charge on any atom is 0.264 e. The lowest BCUT2D eigenvalue weighted by Gasteiger charge is -2.11. The molecular formula is C18H20N2O3S. The van der Waals surface area contributed by atoms with E-state index < -0.39 is 0 Å². The molecule has 126 valence electrons. The van der Waals surface area contributed by atoms with Crippen LogP contribution in [0.4, 0.5) is 5.69 Å². The van der Waals surface area contributed by atoms with Gasteiger partial charge in [-0.2, -0.15) is 0 Å². The molecule has 0 atom stereocenters. The lowest BCUT2D eigenvalue weighted by molar-refractivity contribution is -0.121. The van der Waals surface area contributed by atoms with Crippen LogP contribution in [0.1, 0.15) is 12.5 Å². The molecule has 0 bridgehead atoms. The van der Waals surface area contributed by atoms with Crippen molar-refractivity contribution in [3.63, 3.8) is 0 Å². The molecule has 0 aromatic heterocycles. The number of aryl methyl sites for hydroxylation is 1. The Bertz CT molecular complexity index is 702. The highest BCUT2D eigenvalue weighted by atomic mass is 32.1. The highest BCUT2D eigenvalue weighted by Crippen LogP contribution is 2.15. The summed E-state index contributed by atoms with van der Waals surface area (Å²) in [4.78, 5) is 11.9. The predicted molar refractivity (Wildman–Crippen MR) is 98.6 cm³/mol. The Morgan fingerprint density at radius 3 is 2.50 bits per heavy atom. The van der Waals surface area contributed by atoms with Crippen molar-refractivity contribution in [1.29, 1.82) is 0 Å². The number of thiocarbonyl (C=S) groups is 1.